The number of aliphatic hydroxyl groups is 1. The van der Waals surface area contributed by atoms with E-state index in [-0.39, 0.29) is 31.0 Å². The molecule has 5 N–H and O–H groups in total. The van der Waals surface area contributed by atoms with E-state index in [9.17, 15) is 9.90 Å². The number of hydrogen-bond acceptors (Lipinski definition) is 4. The largest absolute Gasteiger partial charge is 0.394 e. The molecule has 1 fully saturated rings. The van der Waals surface area contributed by atoms with Crippen LogP contribution in [0.1, 0.15) is 42.9 Å². The number of hydrogen-bond donors (Lipinski definition) is 4. The van der Waals surface area contributed by atoms with Crippen molar-refractivity contribution in [2.24, 2.45) is 5.73 Å². The van der Waals surface area contributed by atoms with Crippen molar-refractivity contribution in [3.63, 3.8) is 0 Å². The summed E-state index contributed by atoms with van der Waals surface area (Å²) in [7, 11) is 0. The first-order valence-electron chi connectivity index (χ1n) is 12.5. The van der Waals surface area contributed by atoms with E-state index >= 15 is 0 Å². The molecule has 1 aromatic heterocycles. The van der Waals surface area contributed by atoms with Gasteiger partial charge in [0.25, 0.3) is 0 Å². The number of halogens is 1. The summed E-state index contributed by atoms with van der Waals surface area (Å²) < 4.78 is 0. The molecule has 2 heterocycles. The summed E-state index contributed by atoms with van der Waals surface area (Å²) in [4.78, 5) is 18.7. The molecule has 1 aliphatic heterocycles. The van der Waals surface area contributed by atoms with Gasteiger partial charge in [-0.05, 0) is 80.3 Å². The number of carbonyl (C=O) groups is 1. The van der Waals surface area contributed by atoms with E-state index in [1.54, 1.807) is 12.5 Å². The maximum Gasteiger partial charge on any atom is 0.242 e. The van der Waals surface area contributed by atoms with Crippen LogP contribution in [-0.2, 0) is 23.1 Å². The predicted molar refractivity (Wildman–Crippen MR) is 143 cm³/mol. The quantitative estimate of drug-likeness (QED) is 0.403. The molecule has 3 aromatic rings. The Morgan fingerprint density at radius 2 is 1.89 bits per heavy atom. The normalized spacial score (nSPS) is 19.6. The molecule has 7 heteroatoms. The molecule has 1 aliphatic carbocycles. The van der Waals surface area contributed by atoms with E-state index in [2.05, 4.69) is 51.6 Å². The van der Waals surface area contributed by atoms with Crippen LogP contribution in [0.3, 0.4) is 0 Å². The number of rotatable bonds is 7. The highest BCUT2D eigenvalue weighted by atomic mass is 35.5. The monoisotopic (exact) mass is 496 g/mol. The molecule has 2 atom stereocenters. The van der Waals surface area contributed by atoms with Crippen molar-refractivity contribution in [2.45, 2.75) is 56.0 Å². The first kappa shape index (κ1) is 25.7. The number of piperidine rings is 1. The number of likely N-dealkylation sites (tertiary alicyclic amines) is 1. The lowest BCUT2D eigenvalue weighted by atomic mass is 9.74. The SMILES string of the molecule is C[C@@](N)(CO)C(=O)N[C@H](Cc1c[nH]c2ccccc12)CN1CCC2(CCc3ccccc32)CC1.Cl. The average Bonchev–Trinajstić information content (AvgIpc) is 3.42. The molecule has 2 aromatic carbocycles. The first-order valence-corrected chi connectivity index (χ1v) is 12.5. The Kier molecular flexibility index (Phi) is 7.57. The van der Waals surface area contributed by atoms with Gasteiger partial charge in [0.2, 0.25) is 5.91 Å². The van der Waals surface area contributed by atoms with Gasteiger partial charge in [0.1, 0.15) is 5.54 Å². The number of fused-ring (bicyclic) bond motifs is 3. The minimum Gasteiger partial charge on any atom is -0.394 e. The van der Waals surface area contributed by atoms with E-state index in [0.29, 0.717) is 11.8 Å². The average molecular weight is 497 g/mol. The van der Waals surface area contributed by atoms with Gasteiger partial charge in [-0.1, -0.05) is 42.5 Å². The number of H-pyrrole nitrogens is 1. The fourth-order valence-electron chi connectivity index (χ4n) is 5.91. The molecule has 1 saturated heterocycles. The minimum atomic E-state index is -1.29. The molecule has 1 spiro atoms. The van der Waals surface area contributed by atoms with Crippen LogP contribution >= 0.6 is 12.4 Å². The van der Waals surface area contributed by atoms with E-state index in [0.717, 1.165) is 38.0 Å². The molecule has 1 amide bonds. The Morgan fingerprint density at radius 1 is 1.17 bits per heavy atom. The zero-order chi connectivity index (χ0) is 23.8. The smallest absolute Gasteiger partial charge is 0.242 e. The summed E-state index contributed by atoms with van der Waals surface area (Å²) in [6.07, 6.45) is 7.50. The number of benzene rings is 2. The van der Waals surface area contributed by atoms with Crippen molar-refractivity contribution < 1.29 is 9.90 Å². The van der Waals surface area contributed by atoms with Crippen molar-refractivity contribution in [1.29, 1.82) is 0 Å². The number of nitrogens with one attached hydrogen (secondary N) is 2. The van der Waals surface area contributed by atoms with Crippen LogP contribution < -0.4 is 11.1 Å². The minimum absolute atomic E-state index is 0. The van der Waals surface area contributed by atoms with Gasteiger partial charge in [-0.2, -0.15) is 0 Å². The Morgan fingerprint density at radius 3 is 2.66 bits per heavy atom. The summed E-state index contributed by atoms with van der Waals surface area (Å²) in [5.41, 5.74) is 10.4. The highest BCUT2D eigenvalue weighted by molar-refractivity contribution is 5.86. The first-order chi connectivity index (χ1) is 16.4. The van der Waals surface area contributed by atoms with Gasteiger partial charge in [-0.3, -0.25) is 4.79 Å². The number of aromatic amines is 1. The molecule has 35 heavy (non-hydrogen) atoms. The molecule has 0 radical (unpaired) electrons. The van der Waals surface area contributed by atoms with Crippen LogP contribution in [-0.4, -0.2) is 58.7 Å². The maximum absolute atomic E-state index is 12.9. The summed E-state index contributed by atoms with van der Waals surface area (Å²) in [6.45, 7) is 4.00. The highest BCUT2D eigenvalue weighted by Gasteiger charge is 2.41. The Hall–Kier alpha value is -2.38. The van der Waals surface area contributed by atoms with Crippen molar-refractivity contribution in [2.75, 3.05) is 26.2 Å². The Labute approximate surface area is 213 Å². The van der Waals surface area contributed by atoms with Gasteiger partial charge < -0.3 is 26.0 Å². The molecule has 5 rings (SSSR count). The lowest BCUT2D eigenvalue weighted by Crippen LogP contribution is -2.59. The Bertz CT molecular complexity index is 1170. The van der Waals surface area contributed by atoms with Crippen LogP contribution in [0, 0.1) is 0 Å². The lowest BCUT2D eigenvalue weighted by molar-refractivity contribution is -0.128. The lowest BCUT2D eigenvalue weighted by Gasteiger charge is -2.41. The summed E-state index contributed by atoms with van der Waals surface area (Å²) in [5.74, 6) is -0.307. The van der Waals surface area contributed by atoms with Crippen molar-refractivity contribution in [3.8, 4) is 0 Å². The number of amides is 1. The molecule has 0 bridgehead atoms. The second-order valence-electron chi connectivity index (χ2n) is 10.5. The third-order valence-electron chi connectivity index (χ3n) is 8.08. The number of nitrogens with two attached hydrogens (primary N) is 1. The van der Waals surface area contributed by atoms with E-state index in [1.165, 1.54) is 29.4 Å². The molecule has 188 valence electrons. The standard InChI is InChI=1S/C28H36N4O2.ClH/c1-27(29,19-33)26(34)31-22(16-21-17-30-25-9-5-3-7-23(21)25)18-32-14-12-28(13-15-32)11-10-20-6-2-4-8-24(20)28;/h2-9,17,22,30,33H,10-16,18-19,29H2,1H3,(H,31,34);1H/t22-,27-;/m1./s1. The Balaban J connectivity index is 0.00000289. The number of aryl methyl sites for hydroxylation is 1. The predicted octanol–water partition coefficient (Wildman–Crippen LogP) is 3.31. The zero-order valence-electron chi connectivity index (χ0n) is 20.4. The fourth-order valence-corrected chi connectivity index (χ4v) is 5.91. The second-order valence-corrected chi connectivity index (χ2v) is 10.5. The van der Waals surface area contributed by atoms with Crippen LogP contribution in [0.5, 0.6) is 0 Å². The second kappa shape index (κ2) is 10.3. The highest BCUT2D eigenvalue weighted by Crippen LogP contribution is 2.46. The third-order valence-corrected chi connectivity index (χ3v) is 8.08. The number of para-hydroxylation sites is 1. The van der Waals surface area contributed by atoms with Crippen LogP contribution in [0.2, 0.25) is 0 Å². The number of carbonyl (C=O) groups excluding carboxylic acids is 1. The fraction of sp³-hybridized carbons (Fsp3) is 0.464. The number of nitrogens with zero attached hydrogens (tertiary/aromatic N) is 1. The molecular formula is C28H37ClN4O2. The molecular weight excluding hydrogens is 460 g/mol. The molecule has 2 aliphatic rings. The van der Waals surface area contributed by atoms with Crippen LogP contribution in [0.15, 0.2) is 54.7 Å². The molecule has 0 unspecified atom stereocenters. The van der Waals surface area contributed by atoms with E-state index < -0.39 is 5.54 Å². The maximum atomic E-state index is 12.9. The van der Waals surface area contributed by atoms with Crippen molar-refractivity contribution in [3.05, 3.63) is 71.4 Å². The van der Waals surface area contributed by atoms with Crippen molar-refractivity contribution in [1.82, 2.24) is 15.2 Å². The van der Waals surface area contributed by atoms with Crippen LogP contribution in [0.25, 0.3) is 10.9 Å². The van der Waals surface area contributed by atoms with Gasteiger partial charge in [-0.25, -0.2) is 0 Å². The summed E-state index contributed by atoms with van der Waals surface area (Å²) in [5, 5.41) is 13.9. The van der Waals surface area contributed by atoms with E-state index in [1.807, 2.05) is 18.3 Å². The summed E-state index contributed by atoms with van der Waals surface area (Å²) in [6, 6.07) is 17.1. The van der Waals surface area contributed by atoms with Gasteiger partial charge in [0.15, 0.2) is 0 Å². The van der Waals surface area contributed by atoms with Crippen molar-refractivity contribution >= 4 is 29.2 Å². The molecule has 0 saturated carbocycles. The van der Waals surface area contributed by atoms with E-state index in [4.69, 9.17) is 5.73 Å². The third kappa shape index (κ3) is 5.12. The number of aromatic nitrogens is 1. The van der Waals surface area contributed by atoms with Gasteiger partial charge >= 0.3 is 0 Å². The van der Waals surface area contributed by atoms with Gasteiger partial charge in [-0.15, -0.1) is 12.4 Å². The van der Waals surface area contributed by atoms with Gasteiger partial charge in [0.05, 0.1) is 6.61 Å². The van der Waals surface area contributed by atoms with Crippen LogP contribution in [0.4, 0.5) is 0 Å². The number of aliphatic hydroxyl groups excluding tert-OH is 1. The molecule has 6 nitrogen and oxygen atoms in total. The topological polar surface area (TPSA) is 94.4 Å². The van der Waals surface area contributed by atoms with Gasteiger partial charge in [0, 0.05) is 29.7 Å². The zero-order valence-corrected chi connectivity index (χ0v) is 21.2. The summed E-state index contributed by atoms with van der Waals surface area (Å²) >= 11 is 0.